The SMILES string of the molecule is CCCCCC(CC[C@H]1CCC[C@@H]1CCCCCCC(=O)O)OC(C)(C)C. The average Bonchev–Trinajstić information content (AvgIpc) is 3.01. The molecule has 0 aromatic heterocycles. The van der Waals surface area contributed by atoms with Gasteiger partial charge in [0.1, 0.15) is 0 Å². The van der Waals surface area contributed by atoms with Crippen LogP contribution in [0.15, 0.2) is 0 Å². The van der Waals surface area contributed by atoms with E-state index in [1.807, 2.05) is 0 Å². The second-order valence-corrected chi connectivity index (χ2v) is 9.72. The fraction of sp³-hybridized carbons (Fsp3) is 0.958. The van der Waals surface area contributed by atoms with E-state index in [-0.39, 0.29) is 5.60 Å². The zero-order chi connectivity index (χ0) is 20.1. The van der Waals surface area contributed by atoms with Gasteiger partial charge < -0.3 is 9.84 Å². The Morgan fingerprint density at radius 1 is 0.963 bits per heavy atom. The van der Waals surface area contributed by atoms with Gasteiger partial charge in [0, 0.05) is 6.42 Å². The minimum atomic E-state index is -0.656. The smallest absolute Gasteiger partial charge is 0.303 e. The van der Waals surface area contributed by atoms with Crippen LogP contribution in [0.25, 0.3) is 0 Å². The van der Waals surface area contributed by atoms with Gasteiger partial charge in [-0.15, -0.1) is 0 Å². The maximum absolute atomic E-state index is 10.6. The molecular weight excluding hydrogens is 336 g/mol. The molecule has 1 N–H and O–H groups in total. The van der Waals surface area contributed by atoms with Crippen LogP contribution in [0.4, 0.5) is 0 Å². The Morgan fingerprint density at radius 3 is 2.26 bits per heavy atom. The second kappa shape index (κ2) is 13.6. The highest BCUT2D eigenvalue weighted by molar-refractivity contribution is 5.66. The van der Waals surface area contributed by atoms with E-state index < -0.39 is 5.97 Å². The van der Waals surface area contributed by atoms with E-state index in [9.17, 15) is 4.79 Å². The van der Waals surface area contributed by atoms with Crippen LogP contribution in [-0.2, 0) is 9.53 Å². The standard InChI is InChI=1S/C24H46O3/c1-5-6-9-16-22(27-24(2,3)4)19-18-21-15-12-14-20(21)13-10-7-8-11-17-23(25)26/h20-22H,5-19H2,1-4H3,(H,25,26)/t20-,21+,22?/m0/s1. The van der Waals surface area contributed by atoms with Gasteiger partial charge in [0.2, 0.25) is 0 Å². The Kier molecular flexibility index (Phi) is 12.3. The molecule has 3 heteroatoms. The van der Waals surface area contributed by atoms with Crippen LogP contribution in [-0.4, -0.2) is 22.8 Å². The first-order valence-electron chi connectivity index (χ1n) is 11.7. The highest BCUT2D eigenvalue weighted by atomic mass is 16.5. The van der Waals surface area contributed by atoms with Crippen LogP contribution in [0, 0.1) is 11.8 Å². The molecule has 0 saturated heterocycles. The van der Waals surface area contributed by atoms with E-state index >= 15 is 0 Å². The molecule has 1 saturated carbocycles. The molecule has 0 aromatic carbocycles. The molecule has 1 aliphatic rings. The van der Waals surface area contributed by atoms with Crippen LogP contribution >= 0.6 is 0 Å². The van der Waals surface area contributed by atoms with Crippen LogP contribution in [0.2, 0.25) is 0 Å². The first-order valence-corrected chi connectivity index (χ1v) is 11.7. The van der Waals surface area contributed by atoms with E-state index in [1.54, 1.807) is 0 Å². The van der Waals surface area contributed by atoms with Gasteiger partial charge in [-0.2, -0.15) is 0 Å². The molecule has 0 bridgehead atoms. The predicted octanol–water partition coefficient (Wildman–Crippen LogP) is 7.37. The van der Waals surface area contributed by atoms with Gasteiger partial charge in [0.05, 0.1) is 11.7 Å². The van der Waals surface area contributed by atoms with Crippen LogP contribution in [0.3, 0.4) is 0 Å². The lowest BCUT2D eigenvalue weighted by Crippen LogP contribution is -2.28. The van der Waals surface area contributed by atoms with Crippen molar-refractivity contribution in [3.05, 3.63) is 0 Å². The molecule has 0 amide bonds. The summed E-state index contributed by atoms with van der Waals surface area (Å²) in [6, 6.07) is 0. The van der Waals surface area contributed by atoms with Crippen LogP contribution < -0.4 is 0 Å². The topological polar surface area (TPSA) is 46.5 Å². The Hall–Kier alpha value is -0.570. The van der Waals surface area contributed by atoms with Gasteiger partial charge in [-0.3, -0.25) is 4.79 Å². The average molecular weight is 383 g/mol. The predicted molar refractivity (Wildman–Crippen MR) is 114 cm³/mol. The van der Waals surface area contributed by atoms with Crippen molar-refractivity contribution in [2.45, 2.75) is 136 Å². The lowest BCUT2D eigenvalue weighted by molar-refractivity contribution is -0.137. The third kappa shape index (κ3) is 12.5. The number of rotatable bonds is 15. The van der Waals surface area contributed by atoms with Crippen molar-refractivity contribution < 1.29 is 14.6 Å². The Bertz CT molecular complexity index is 386. The van der Waals surface area contributed by atoms with Gasteiger partial charge in [-0.05, 0) is 58.3 Å². The summed E-state index contributed by atoms with van der Waals surface area (Å²) in [4.78, 5) is 10.6. The number of hydrogen-bond donors (Lipinski definition) is 1. The fourth-order valence-corrected chi connectivity index (χ4v) is 4.69. The quantitative estimate of drug-likeness (QED) is 0.301. The van der Waals surface area contributed by atoms with Crippen molar-refractivity contribution in [3.63, 3.8) is 0 Å². The van der Waals surface area contributed by atoms with Crippen molar-refractivity contribution in [2.24, 2.45) is 11.8 Å². The molecule has 1 unspecified atom stereocenters. The molecule has 1 rings (SSSR count). The fourth-order valence-electron chi connectivity index (χ4n) is 4.69. The van der Waals surface area contributed by atoms with Gasteiger partial charge in [-0.1, -0.05) is 71.1 Å². The Morgan fingerprint density at radius 2 is 1.63 bits per heavy atom. The molecule has 0 spiro atoms. The van der Waals surface area contributed by atoms with E-state index in [0.29, 0.717) is 12.5 Å². The van der Waals surface area contributed by atoms with Crippen molar-refractivity contribution in [1.29, 1.82) is 0 Å². The second-order valence-electron chi connectivity index (χ2n) is 9.72. The summed E-state index contributed by atoms with van der Waals surface area (Å²) in [5.74, 6) is 1.13. The molecule has 3 nitrogen and oxygen atoms in total. The van der Waals surface area contributed by atoms with Crippen molar-refractivity contribution in [1.82, 2.24) is 0 Å². The lowest BCUT2D eigenvalue weighted by atomic mass is 9.86. The third-order valence-electron chi connectivity index (χ3n) is 6.04. The number of unbranched alkanes of at least 4 members (excludes halogenated alkanes) is 5. The molecule has 27 heavy (non-hydrogen) atoms. The number of aliphatic carboxylic acids is 1. The van der Waals surface area contributed by atoms with Gasteiger partial charge in [-0.25, -0.2) is 0 Å². The van der Waals surface area contributed by atoms with E-state index in [1.165, 1.54) is 77.0 Å². The first kappa shape index (κ1) is 24.5. The lowest BCUT2D eigenvalue weighted by Gasteiger charge is -2.29. The molecule has 0 heterocycles. The van der Waals surface area contributed by atoms with E-state index in [0.717, 1.165) is 24.7 Å². The van der Waals surface area contributed by atoms with Crippen molar-refractivity contribution in [2.75, 3.05) is 0 Å². The highest BCUT2D eigenvalue weighted by Crippen LogP contribution is 2.39. The van der Waals surface area contributed by atoms with Crippen LogP contribution in [0.5, 0.6) is 0 Å². The zero-order valence-corrected chi connectivity index (χ0v) is 18.6. The largest absolute Gasteiger partial charge is 0.481 e. The number of carboxylic acids is 1. The molecule has 0 aromatic rings. The summed E-state index contributed by atoms with van der Waals surface area (Å²) >= 11 is 0. The van der Waals surface area contributed by atoms with Gasteiger partial charge in [0.25, 0.3) is 0 Å². The summed E-state index contributed by atoms with van der Waals surface area (Å²) in [5, 5.41) is 8.71. The van der Waals surface area contributed by atoms with Crippen molar-refractivity contribution in [3.8, 4) is 0 Å². The summed E-state index contributed by atoms with van der Waals surface area (Å²) in [6.07, 6.45) is 18.3. The van der Waals surface area contributed by atoms with Gasteiger partial charge >= 0.3 is 5.97 Å². The number of hydrogen-bond acceptors (Lipinski definition) is 2. The summed E-state index contributed by atoms with van der Waals surface area (Å²) in [6.45, 7) is 8.82. The maximum Gasteiger partial charge on any atom is 0.303 e. The normalized spacial score (nSPS) is 21.5. The number of carbonyl (C=O) groups is 1. The minimum absolute atomic E-state index is 0.0398. The van der Waals surface area contributed by atoms with Crippen LogP contribution in [0.1, 0.15) is 124 Å². The molecular formula is C24H46O3. The molecule has 1 fully saturated rings. The summed E-state index contributed by atoms with van der Waals surface area (Å²) < 4.78 is 6.38. The number of ether oxygens (including phenoxy) is 1. The molecule has 160 valence electrons. The first-order chi connectivity index (χ1) is 12.8. The Labute approximate surface area is 168 Å². The number of carboxylic acid groups (broad SMARTS) is 1. The zero-order valence-electron chi connectivity index (χ0n) is 18.6. The molecule has 0 radical (unpaired) electrons. The highest BCUT2D eigenvalue weighted by Gasteiger charge is 2.28. The molecule has 3 atom stereocenters. The molecule has 0 aliphatic heterocycles. The monoisotopic (exact) mass is 382 g/mol. The van der Waals surface area contributed by atoms with E-state index in [2.05, 4.69) is 27.7 Å². The summed E-state index contributed by atoms with van der Waals surface area (Å²) in [7, 11) is 0. The van der Waals surface area contributed by atoms with Gasteiger partial charge in [0.15, 0.2) is 0 Å². The maximum atomic E-state index is 10.6. The minimum Gasteiger partial charge on any atom is -0.481 e. The Balaban J connectivity index is 2.30. The summed E-state index contributed by atoms with van der Waals surface area (Å²) in [5.41, 5.74) is -0.0398. The molecule has 1 aliphatic carbocycles. The third-order valence-corrected chi connectivity index (χ3v) is 6.04. The van der Waals surface area contributed by atoms with E-state index in [4.69, 9.17) is 9.84 Å². The van der Waals surface area contributed by atoms with Crippen molar-refractivity contribution >= 4 is 5.97 Å².